The topological polar surface area (TPSA) is 85.4 Å². The van der Waals surface area contributed by atoms with E-state index in [0.29, 0.717) is 18.1 Å². The van der Waals surface area contributed by atoms with Gasteiger partial charge in [-0.3, -0.25) is 4.79 Å². The summed E-state index contributed by atoms with van der Waals surface area (Å²) in [5, 5.41) is 2.65. The van der Waals surface area contributed by atoms with Crippen molar-refractivity contribution in [1.29, 1.82) is 0 Å². The van der Waals surface area contributed by atoms with Gasteiger partial charge in [0.2, 0.25) is 0 Å². The number of benzene rings is 1. The second-order valence-electron chi connectivity index (χ2n) is 4.50. The van der Waals surface area contributed by atoms with E-state index < -0.39 is 15.9 Å². The van der Waals surface area contributed by atoms with Gasteiger partial charge in [0, 0.05) is 11.5 Å². The summed E-state index contributed by atoms with van der Waals surface area (Å²) in [5.41, 5.74) is 0.612. The van der Waals surface area contributed by atoms with Crippen molar-refractivity contribution in [2.24, 2.45) is 0 Å². The predicted octanol–water partition coefficient (Wildman–Crippen LogP) is 2.37. The monoisotopic (exact) mass is 352 g/mol. The van der Waals surface area contributed by atoms with Crippen LogP contribution >= 0.6 is 11.3 Å². The molecular weight excluding hydrogens is 336 g/mol. The van der Waals surface area contributed by atoms with Crippen LogP contribution in [0.25, 0.3) is 6.08 Å². The first-order chi connectivity index (χ1) is 10.9. The molecule has 0 radical (unpaired) electrons. The van der Waals surface area contributed by atoms with Crippen molar-refractivity contribution in [3.8, 4) is 5.75 Å². The third-order valence-corrected chi connectivity index (χ3v) is 4.88. The number of aryl methyl sites for hydroxylation is 1. The molecule has 0 spiro atoms. The van der Waals surface area contributed by atoms with E-state index in [1.807, 2.05) is 18.6 Å². The summed E-state index contributed by atoms with van der Waals surface area (Å²) >= 11 is 1.45. The van der Waals surface area contributed by atoms with E-state index in [1.54, 1.807) is 5.38 Å². The molecule has 2 rings (SSSR count). The van der Waals surface area contributed by atoms with Gasteiger partial charge in [0.15, 0.2) is 0 Å². The average Bonchev–Trinajstić information content (AvgIpc) is 2.91. The van der Waals surface area contributed by atoms with Crippen LogP contribution in [0, 0.1) is 6.92 Å². The second kappa shape index (κ2) is 7.38. The van der Waals surface area contributed by atoms with Gasteiger partial charge in [-0.1, -0.05) is 0 Å². The highest BCUT2D eigenvalue weighted by Crippen LogP contribution is 2.16. The Morgan fingerprint density at radius 2 is 2.04 bits per heavy atom. The first-order valence-electron chi connectivity index (χ1n) is 6.80. The first-order valence-corrected chi connectivity index (χ1v) is 9.17. The zero-order valence-electron chi connectivity index (χ0n) is 12.6. The zero-order valence-corrected chi connectivity index (χ0v) is 14.3. The number of sulfonamides is 1. The van der Waals surface area contributed by atoms with Gasteiger partial charge in [0.25, 0.3) is 15.9 Å². The first kappa shape index (κ1) is 17.2. The molecule has 1 aromatic heterocycles. The molecule has 0 saturated carbocycles. The molecule has 1 N–H and O–H groups in total. The van der Waals surface area contributed by atoms with E-state index in [-0.39, 0.29) is 4.90 Å². The van der Waals surface area contributed by atoms with Crippen LogP contribution in [-0.4, -0.2) is 25.9 Å². The number of hydrogen-bond acceptors (Lipinski definition) is 6. The lowest BCUT2D eigenvalue weighted by Gasteiger charge is -2.06. The summed E-state index contributed by atoms with van der Waals surface area (Å²) < 4.78 is 31.4. The summed E-state index contributed by atoms with van der Waals surface area (Å²) in [5.74, 6) is -0.166. The van der Waals surface area contributed by atoms with Crippen LogP contribution in [0.4, 0.5) is 0 Å². The maximum Gasteiger partial charge on any atom is 0.264 e. The lowest BCUT2D eigenvalue weighted by Crippen LogP contribution is -2.28. The number of hydrogen-bond donors (Lipinski definition) is 1. The van der Waals surface area contributed by atoms with Crippen LogP contribution in [-0.2, 0) is 14.8 Å². The van der Waals surface area contributed by atoms with Crippen molar-refractivity contribution in [2.75, 3.05) is 6.61 Å². The van der Waals surface area contributed by atoms with Gasteiger partial charge in [0.1, 0.15) is 5.75 Å². The molecule has 1 aromatic carbocycles. The largest absolute Gasteiger partial charge is 0.494 e. The summed E-state index contributed by atoms with van der Waals surface area (Å²) in [4.78, 5) is 15.9. The fourth-order valence-corrected chi connectivity index (χ4v) is 3.25. The zero-order chi connectivity index (χ0) is 16.9. The molecule has 1 heterocycles. The van der Waals surface area contributed by atoms with E-state index in [4.69, 9.17) is 4.74 Å². The van der Waals surface area contributed by atoms with E-state index in [2.05, 4.69) is 4.98 Å². The van der Waals surface area contributed by atoms with Crippen molar-refractivity contribution in [2.45, 2.75) is 18.7 Å². The smallest absolute Gasteiger partial charge is 0.264 e. The summed E-state index contributed by atoms with van der Waals surface area (Å²) in [6, 6.07) is 5.84. The second-order valence-corrected chi connectivity index (χ2v) is 7.24. The van der Waals surface area contributed by atoms with Crippen LogP contribution < -0.4 is 9.46 Å². The molecule has 122 valence electrons. The van der Waals surface area contributed by atoms with Crippen LogP contribution in [0.2, 0.25) is 0 Å². The summed E-state index contributed by atoms with van der Waals surface area (Å²) in [7, 11) is -3.91. The Bertz CT molecular complexity index is 808. The minimum absolute atomic E-state index is 0.00722. The maximum atomic E-state index is 12.1. The summed E-state index contributed by atoms with van der Waals surface area (Å²) in [6.45, 7) is 4.17. The van der Waals surface area contributed by atoms with Crippen LogP contribution in [0.15, 0.2) is 40.6 Å². The Labute approximate surface area is 138 Å². The number of amides is 1. The Hall–Kier alpha value is -2.19. The molecule has 23 heavy (non-hydrogen) atoms. The lowest BCUT2D eigenvalue weighted by atomic mass is 10.3. The van der Waals surface area contributed by atoms with Crippen molar-refractivity contribution in [3.05, 3.63) is 46.4 Å². The highest BCUT2D eigenvalue weighted by molar-refractivity contribution is 7.90. The molecule has 0 bridgehead atoms. The standard InChI is InChI=1S/C15H16N2O4S2/c1-3-21-13-5-7-14(8-6-13)23(19,20)17-15(18)9-4-12-10-22-11(2)16-12/h4-10H,3H2,1-2H3,(H,17,18). The van der Waals surface area contributed by atoms with Gasteiger partial charge in [-0.05, 0) is 44.2 Å². The molecule has 8 heteroatoms. The molecule has 2 aromatic rings. The quantitative estimate of drug-likeness (QED) is 0.807. The Balaban J connectivity index is 2.05. The number of aromatic nitrogens is 1. The van der Waals surface area contributed by atoms with Crippen LogP contribution in [0.3, 0.4) is 0 Å². The van der Waals surface area contributed by atoms with Gasteiger partial charge in [0.05, 0.1) is 22.2 Å². The average molecular weight is 352 g/mol. The van der Waals surface area contributed by atoms with E-state index in [9.17, 15) is 13.2 Å². The highest BCUT2D eigenvalue weighted by atomic mass is 32.2. The van der Waals surface area contributed by atoms with E-state index in [1.165, 1.54) is 41.7 Å². The van der Waals surface area contributed by atoms with Gasteiger partial charge >= 0.3 is 0 Å². The Morgan fingerprint density at radius 1 is 1.35 bits per heavy atom. The number of carbonyl (C=O) groups excluding carboxylic acids is 1. The number of nitrogens with zero attached hydrogens (tertiary/aromatic N) is 1. The fourth-order valence-electron chi connectivity index (χ4n) is 1.72. The molecule has 6 nitrogen and oxygen atoms in total. The number of ether oxygens (including phenoxy) is 1. The third-order valence-electron chi connectivity index (χ3n) is 2.72. The SMILES string of the molecule is CCOc1ccc(S(=O)(=O)NC(=O)C=Cc2csc(C)n2)cc1. The molecule has 0 atom stereocenters. The van der Waals surface area contributed by atoms with E-state index in [0.717, 1.165) is 11.1 Å². The summed E-state index contributed by atoms with van der Waals surface area (Å²) in [6.07, 6.45) is 2.60. The van der Waals surface area contributed by atoms with Gasteiger partial charge in [-0.25, -0.2) is 18.1 Å². The minimum atomic E-state index is -3.91. The molecule has 0 unspecified atom stereocenters. The number of rotatable bonds is 6. The van der Waals surface area contributed by atoms with Gasteiger partial charge in [-0.2, -0.15) is 0 Å². The maximum absolute atomic E-state index is 12.1. The molecule has 0 saturated heterocycles. The molecular formula is C15H16N2O4S2. The Kier molecular flexibility index (Phi) is 5.51. The van der Waals surface area contributed by atoms with Crippen LogP contribution in [0.1, 0.15) is 17.6 Å². The predicted molar refractivity (Wildman–Crippen MR) is 88.8 cm³/mol. The Morgan fingerprint density at radius 3 is 2.61 bits per heavy atom. The molecule has 0 aliphatic heterocycles. The van der Waals surface area contributed by atoms with Crippen molar-refractivity contribution < 1.29 is 17.9 Å². The van der Waals surface area contributed by atoms with Crippen molar-refractivity contribution in [1.82, 2.24) is 9.71 Å². The fraction of sp³-hybridized carbons (Fsp3) is 0.200. The molecule has 0 aliphatic rings. The van der Waals surface area contributed by atoms with Crippen molar-refractivity contribution >= 4 is 33.3 Å². The number of thiazole rings is 1. The number of nitrogens with one attached hydrogen (secondary N) is 1. The van der Waals surface area contributed by atoms with Crippen LogP contribution in [0.5, 0.6) is 5.75 Å². The van der Waals surface area contributed by atoms with Crippen molar-refractivity contribution in [3.63, 3.8) is 0 Å². The molecule has 0 aliphatic carbocycles. The molecule has 1 amide bonds. The number of carbonyl (C=O) groups is 1. The minimum Gasteiger partial charge on any atom is -0.494 e. The normalized spacial score (nSPS) is 11.6. The van der Waals surface area contributed by atoms with Gasteiger partial charge in [-0.15, -0.1) is 11.3 Å². The third kappa shape index (κ3) is 4.90. The van der Waals surface area contributed by atoms with E-state index >= 15 is 0 Å². The highest BCUT2D eigenvalue weighted by Gasteiger charge is 2.16. The van der Waals surface area contributed by atoms with Gasteiger partial charge < -0.3 is 4.74 Å². The lowest BCUT2D eigenvalue weighted by molar-refractivity contribution is -0.114. The molecule has 0 fully saturated rings.